The number of hydrogen-bond donors (Lipinski definition) is 1. The van der Waals surface area contributed by atoms with Crippen LogP contribution in [-0.4, -0.2) is 28.5 Å². The molecule has 8 heteroatoms. The summed E-state index contributed by atoms with van der Waals surface area (Å²) >= 11 is 6.17. The monoisotopic (exact) mass is 412 g/mol. The van der Waals surface area contributed by atoms with Crippen molar-refractivity contribution in [1.82, 2.24) is 4.57 Å². The second kappa shape index (κ2) is 7.18. The van der Waals surface area contributed by atoms with Crippen molar-refractivity contribution in [3.05, 3.63) is 92.1 Å². The van der Waals surface area contributed by atoms with Crippen LogP contribution in [0.1, 0.15) is 27.2 Å². The summed E-state index contributed by atoms with van der Waals surface area (Å²) in [5.41, 5.74) is 0.504. The Labute approximate surface area is 169 Å². The van der Waals surface area contributed by atoms with Crippen LogP contribution in [0.3, 0.4) is 0 Å². The maximum absolute atomic E-state index is 14.5. The fourth-order valence-electron chi connectivity index (χ4n) is 3.40. The summed E-state index contributed by atoms with van der Waals surface area (Å²) < 4.78 is 20.9. The topological polar surface area (TPSA) is 80.9 Å². The van der Waals surface area contributed by atoms with E-state index in [1.54, 1.807) is 36.4 Å². The second-order valence-corrected chi connectivity index (χ2v) is 6.77. The average Bonchev–Trinajstić information content (AvgIpc) is 2.84. The van der Waals surface area contributed by atoms with E-state index in [-0.39, 0.29) is 17.9 Å². The Bertz CT molecular complexity index is 1250. The van der Waals surface area contributed by atoms with Gasteiger partial charge in [0.2, 0.25) is 0 Å². The van der Waals surface area contributed by atoms with Gasteiger partial charge in [0, 0.05) is 22.2 Å². The molecule has 0 aliphatic carbocycles. The lowest BCUT2D eigenvalue weighted by Gasteiger charge is -2.16. The van der Waals surface area contributed by atoms with Gasteiger partial charge in [0.05, 0.1) is 30.7 Å². The molecule has 0 fully saturated rings. The van der Waals surface area contributed by atoms with E-state index in [1.165, 1.54) is 23.8 Å². The summed E-state index contributed by atoms with van der Waals surface area (Å²) in [4.78, 5) is 29.3. The highest BCUT2D eigenvalue weighted by molar-refractivity contribution is 6.31. The molecule has 1 aliphatic heterocycles. The summed E-state index contributed by atoms with van der Waals surface area (Å²) in [5, 5.41) is 9.89. The zero-order chi connectivity index (χ0) is 20.7. The molecule has 0 bridgehead atoms. The number of carboxylic acid groups (broad SMARTS) is 1. The van der Waals surface area contributed by atoms with Crippen LogP contribution in [0.4, 0.5) is 4.39 Å². The molecular weight excluding hydrogens is 399 g/mol. The van der Waals surface area contributed by atoms with Gasteiger partial charge in [-0.3, -0.25) is 14.4 Å². The third kappa shape index (κ3) is 3.09. The molecule has 0 radical (unpaired) electrons. The zero-order valence-electron chi connectivity index (χ0n) is 15.1. The van der Waals surface area contributed by atoms with Crippen LogP contribution in [-0.2, 0) is 6.54 Å². The van der Waals surface area contributed by atoms with Crippen LogP contribution in [0.5, 0.6) is 5.75 Å². The Hall–Kier alpha value is -3.45. The summed E-state index contributed by atoms with van der Waals surface area (Å²) in [6.45, 7) is 0.0153. The van der Waals surface area contributed by atoms with Crippen molar-refractivity contribution in [2.24, 2.45) is 4.99 Å². The summed E-state index contributed by atoms with van der Waals surface area (Å²) in [5.74, 6) is -1.94. The third-order valence-electron chi connectivity index (χ3n) is 4.66. The molecule has 0 atom stereocenters. The molecule has 0 spiro atoms. The molecule has 2 heterocycles. The average molecular weight is 413 g/mol. The van der Waals surface area contributed by atoms with Crippen molar-refractivity contribution in [3.63, 3.8) is 0 Å². The van der Waals surface area contributed by atoms with E-state index >= 15 is 0 Å². The first kappa shape index (κ1) is 18.9. The van der Waals surface area contributed by atoms with E-state index in [0.29, 0.717) is 27.7 Å². The lowest BCUT2D eigenvalue weighted by atomic mass is 10.00. The number of hydrogen-bond acceptors (Lipinski definition) is 4. The molecule has 1 N–H and O–H groups in total. The van der Waals surface area contributed by atoms with Gasteiger partial charge in [0.1, 0.15) is 11.6 Å². The number of methoxy groups -OCH3 is 1. The van der Waals surface area contributed by atoms with E-state index in [0.717, 1.165) is 0 Å². The zero-order valence-corrected chi connectivity index (χ0v) is 15.9. The molecule has 4 rings (SSSR count). The molecule has 1 aliphatic rings. The number of aliphatic imine (C=N–C) groups is 1. The van der Waals surface area contributed by atoms with E-state index in [2.05, 4.69) is 4.99 Å². The first-order valence-corrected chi connectivity index (χ1v) is 8.96. The smallest absolute Gasteiger partial charge is 0.345 e. The first-order valence-electron chi connectivity index (χ1n) is 8.58. The van der Waals surface area contributed by atoms with Crippen molar-refractivity contribution in [3.8, 4) is 11.4 Å². The molecule has 1 aromatic heterocycles. The Balaban J connectivity index is 2.09. The van der Waals surface area contributed by atoms with Crippen molar-refractivity contribution in [2.45, 2.75) is 6.54 Å². The molecular formula is C21H14ClFN2O4. The Kier molecular flexibility index (Phi) is 4.68. The third-order valence-corrected chi connectivity index (χ3v) is 4.90. The van der Waals surface area contributed by atoms with E-state index in [9.17, 15) is 19.1 Å². The number of ether oxygens (including phenoxy) is 1. The number of aromatic carboxylic acids is 1. The van der Waals surface area contributed by atoms with Gasteiger partial charge < -0.3 is 9.84 Å². The van der Waals surface area contributed by atoms with E-state index < -0.39 is 22.9 Å². The number of carboxylic acids is 1. The van der Waals surface area contributed by atoms with Crippen LogP contribution in [0.25, 0.3) is 5.69 Å². The molecule has 0 unspecified atom stereocenters. The van der Waals surface area contributed by atoms with Gasteiger partial charge in [-0.2, -0.15) is 0 Å². The van der Waals surface area contributed by atoms with Gasteiger partial charge in [-0.15, -0.1) is 0 Å². The molecule has 0 amide bonds. The first-order chi connectivity index (χ1) is 13.9. The fourth-order valence-corrected chi connectivity index (χ4v) is 3.57. The Morgan fingerprint density at radius 3 is 2.66 bits per heavy atom. The van der Waals surface area contributed by atoms with E-state index in [4.69, 9.17) is 16.3 Å². The number of aromatic nitrogens is 1. The van der Waals surface area contributed by atoms with Crippen LogP contribution >= 0.6 is 11.6 Å². The predicted molar refractivity (Wildman–Crippen MR) is 106 cm³/mol. The van der Waals surface area contributed by atoms with Crippen LogP contribution in [0, 0.1) is 5.82 Å². The van der Waals surface area contributed by atoms with Crippen LogP contribution in [0.15, 0.2) is 58.3 Å². The van der Waals surface area contributed by atoms with Gasteiger partial charge in [0.15, 0.2) is 5.56 Å². The van der Waals surface area contributed by atoms with Gasteiger partial charge in [-0.05, 0) is 30.3 Å². The van der Waals surface area contributed by atoms with E-state index in [1.807, 2.05) is 0 Å². The second-order valence-electron chi connectivity index (χ2n) is 6.33. The summed E-state index contributed by atoms with van der Waals surface area (Å²) in [7, 11) is 1.29. The van der Waals surface area contributed by atoms with Gasteiger partial charge in [0.25, 0.3) is 5.56 Å². The lowest BCUT2D eigenvalue weighted by molar-refractivity contribution is 0.0690. The molecule has 2 aromatic carbocycles. The summed E-state index contributed by atoms with van der Waals surface area (Å²) in [6.07, 6.45) is 0. The van der Waals surface area contributed by atoms with Crippen molar-refractivity contribution in [2.75, 3.05) is 7.11 Å². The highest BCUT2D eigenvalue weighted by atomic mass is 35.5. The lowest BCUT2D eigenvalue weighted by Crippen LogP contribution is -2.28. The predicted octanol–water partition coefficient (Wildman–Crippen LogP) is 3.69. The minimum atomic E-state index is -1.41. The number of pyridine rings is 1. The number of benzene rings is 2. The number of rotatable bonds is 3. The maximum atomic E-state index is 14.5. The maximum Gasteiger partial charge on any atom is 0.345 e. The van der Waals surface area contributed by atoms with Gasteiger partial charge in [-0.1, -0.05) is 23.7 Å². The van der Waals surface area contributed by atoms with Gasteiger partial charge >= 0.3 is 5.97 Å². The molecule has 0 saturated heterocycles. The Morgan fingerprint density at radius 1 is 1.21 bits per heavy atom. The Morgan fingerprint density at radius 2 is 1.97 bits per heavy atom. The number of halogens is 2. The van der Waals surface area contributed by atoms with Gasteiger partial charge in [-0.25, -0.2) is 9.18 Å². The number of carbonyl (C=O) groups is 1. The normalized spacial score (nSPS) is 12.4. The standard InChI is InChI=1S/C21H14ClFN2O4/c1-29-17-9-12-10-24-19(13-4-2-3-5-15(13)23)14-8-11(22)6-7-16(14)25(12)20(26)18(17)21(27)28/h2-9H,10H2,1H3,(H,27,28). The van der Waals surface area contributed by atoms with Crippen LogP contribution in [0.2, 0.25) is 5.02 Å². The molecule has 146 valence electrons. The molecule has 3 aromatic rings. The minimum Gasteiger partial charge on any atom is -0.496 e. The highest BCUT2D eigenvalue weighted by Gasteiger charge is 2.27. The summed E-state index contributed by atoms with van der Waals surface area (Å²) in [6, 6.07) is 12.3. The number of nitrogens with zero attached hydrogens (tertiary/aromatic N) is 2. The molecule has 0 saturated carbocycles. The molecule has 29 heavy (non-hydrogen) atoms. The largest absolute Gasteiger partial charge is 0.496 e. The SMILES string of the molecule is COc1cc2n(c(=O)c1C(=O)O)-c1ccc(Cl)cc1C(c1ccccc1F)=NC2. The van der Waals surface area contributed by atoms with Crippen molar-refractivity contribution in [1.29, 1.82) is 0 Å². The quantitative estimate of drug-likeness (QED) is 0.711. The molecule has 6 nitrogen and oxygen atoms in total. The highest BCUT2D eigenvalue weighted by Crippen LogP contribution is 2.29. The van der Waals surface area contributed by atoms with Crippen LogP contribution < -0.4 is 10.3 Å². The number of fused-ring (bicyclic) bond motifs is 3. The minimum absolute atomic E-state index is 0.0153. The fraction of sp³-hybridized carbons (Fsp3) is 0.0952. The van der Waals surface area contributed by atoms with Crippen molar-refractivity contribution >= 4 is 23.3 Å². The van der Waals surface area contributed by atoms with Crippen molar-refractivity contribution < 1.29 is 19.0 Å².